The van der Waals surface area contributed by atoms with Gasteiger partial charge in [0.25, 0.3) is 0 Å². The largest absolute Gasteiger partial charge is 0.497 e. The van der Waals surface area contributed by atoms with E-state index in [2.05, 4.69) is 13.0 Å². The maximum absolute atomic E-state index is 11.3. The number of ether oxygens (including phenoxy) is 3. The van der Waals surface area contributed by atoms with Gasteiger partial charge in [0, 0.05) is 5.56 Å². The normalized spacial score (nSPS) is 12.6. The lowest BCUT2D eigenvalue weighted by molar-refractivity contribution is -0.141. The summed E-state index contributed by atoms with van der Waals surface area (Å²) in [6.45, 7) is 6.84. The molecule has 0 aromatic heterocycles. The first-order valence-corrected chi connectivity index (χ1v) is 11.8. The Hall–Kier alpha value is -3.47. The number of methoxy groups -OCH3 is 1. The van der Waals surface area contributed by atoms with Gasteiger partial charge in [0.15, 0.2) is 0 Å². The molecule has 2 atom stereocenters. The quantitative estimate of drug-likeness (QED) is 0.295. The molecule has 0 fully saturated rings. The van der Waals surface area contributed by atoms with Crippen LogP contribution in [0.15, 0.2) is 66.7 Å². The number of hydrogen-bond acceptors (Lipinski definition) is 4. The molecule has 0 aliphatic rings. The molecule has 0 radical (unpaired) electrons. The third-order valence-electron chi connectivity index (χ3n) is 6.13. The summed E-state index contributed by atoms with van der Waals surface area (Å²) in [5.74, 6) is 0.988. The van der Waals surface area contributed by atoms with E-state index >= 15 is 0 Å². The second-order valence-electron chi connectivity index (χ2n) is 8.54. The molecule has 3 rings (SSSR count). The van der Waals surface area contributed by atoms with Crippen molar-refractivity contribution in [3.8, 4) is 28.4 Å². The average molecular weight is 463 g/mol. The van der Waals surface area contributed by atoms with E-state index in [9.17, 15) is 9.90 Å². The Morgan fingerprint density at radius 3 is 2.38 bits per heavy atom. The Kier molecular flexibility index (Phi) is 8.97. The van der Waals surface area contributed by atoms with Crippen LogP contribution in [0.4, 0.5) is 0 Å². The molecule has 0 heterocycles. The van der Waals surface area contributed by atoms with Gasteiger partial charge in [-0.2, -0.15) is 0 Å². The molecule has 1 N–H and O–H groups in total. The van der Waals surface area contributed by atoms with E-state index in [4.69, 9.17) is 14.2 Å². The van der Waals surface area contributed by atoms with Crippen LogP contribution in [0.2, 0.25) is 0 Å². The monoisotopic (exact) mass is 462 g/mol. The molecule has 0 saturated carbocycles. The van der Waals surface area contributed by atoms with Gasteiger partial charge in [-0.1, -0.05) is 63.6 Å². The highest BCUT2D eigenvalue weighted by Crippen LogP contribution is 2.33. The highest BCUT2D eigenvalue weighted by Gasteiger charge is 2.21. The Balaban J connectivity index is 1.77. The summed E-state index contributed by atoms with van der Waals surface area (Å²) < 4.78 is 17.5. The SMILES string of the molecule is CCCCOc1cc(COc2cccc([C@H](C)C(C)C(=O)O)c2)ccc1-c1ccc(OC)cc1. The molecule has 1 unspecified atom stereocenters. The van der Waals surface area contributed by atoms with Crippen LogP contribution in [-0.4, -0.2) is 24.8 Å². The van der Waals surface area contributed by atoms with E-state index in [-0.39, 0.29) is 5.92 Å². The van der Waals surface area contributed by atoms with Gasteiger partial charge in [0.2, 0.25) is 0 Å². The van der Waals surface area contributed by atoms with Gasteiger partial charge in [0.1, 0.15) is 23.9 Å². The third kappa shape index (κ3) is 6.53. The van der Waals surface area contributed by atoms with Crippen molar-refractivity contribution < 1.29 is 24.1 Å². The Bertz CT molecular complexity index is 1070. The lowest BCUT2D eigenvalue weighted by Crippen LogP contribution is -2.16. The van der Waals surface area contributed by atoms with Crippen molar-refractivity contribution >= 4 is 5.97 Å². The molecule has 0 aliphatic carbocycles. The number of rotatable bonds is 12. The summed E-state index contributed by atoms with van der Waals surface area (Å²) in [6.07, 6.45) is 2.05. The number of carbonyl (C=O) groups is 1. The smallest absolute Gasteiger partial charge is 0.306 e. The fourth-order valence-electron chi connectivity index (χ4n) is 3.67. The Labute approximate surface area is 202 Å². The van der Waals surface area contributed by atoms with Crippen molar-refractivity contribution in [2.75, 3.05) is 13.7 Å². The standard InChI is InChI=1S/C29H34O5/c1-5-6-16-33-28-17-22(10-15-27(28)23-11-13-25(32-4)14-12-23)19-34-26-9-7-8-24(18-26)20(2)21(3)29(30)31/h7-15,17-18,20-21H,5-6,16,19H2,1-4H3,(H,30,31)/t20-,21?/m1/s1. The Morgan fingerprint density at radius 1 is 0.941 bits per heavy atom. The highest BCUT2D eigenvalue weighted by atomic mass is 16.5. The minimum atomic E-state index is -0.800. The van der Waals surface area contributed by atoms with Gasteiger partial charge < -0.3 is 19.3 Å². The summed E-state index contributed by atoms with van der Waals surface area (Å²) in [5, 5.41) is 9.32. The van der Waals surface area contributed by atoms with Crippen molar-refractivity contribution in [2.24, 2.45) is 5.92 Å². The zero-order valence-corrected chi connectivity index (χ0v) is 20.4. The highest BCUT2D eigenvalue weighted by molar-refractivity contribution is 5.72. The lowest BCUT2D eigenvalue weighted by atomic mass is 9.89. The van der Waals surface area contributed by atoms with Gasteiger partial charge in [-0.3, -0.25) is 4.79 Å². The predicted octanol–water partition coefficient (Wildman–Crippen LogP) is 6.94. The van der Waals surface area contributed by atoms with Crippen molar-refractivity contribution in [1.82, 2.24) is 0 Å². The van der Waals surface area contributed by atoms with Crippen LogP contribution in [-0.2, 0) is 11.4 Å². The molecule has 5 nitrogen and oxygen atoms in total. The fraction of sp³-hybridized carbons (Fsp3) is 0.345. The van der Waals surface area contributed by atoms with Crippen molar-refractivity contribution in [3.63, 3.8) is 0 Å². The first-order chi connectivity index (χ1) is 16.4. The van der Waals surface area contributed by atoms with Crippen molar-refractivity contribution in [2.45, 2.75) is 46.1 Å². The first-order valence-electron chi connectivity index (χ1n) is 11.8. The fourth-order valence-corrected chi connectivity index (χ4v) is 3.67. The summed E-state index contributed by atoms with van der Waals surface area (Å²) in [6, 6.07) is 21.8. The number of aliphatic carboxylic acids is 1. The molecule has 0 amide bonds. The van der Waals surface area contributed by atoms with E-state index in [0.29, 0.717) is 13.2 Å². The molecule has 3 aromatic carbocycles. The third-order valence-corrected chi connectivity index (χ3v) is 6.13. The Morgan fingerprint density at radius 2 is 1.71 bits per heavy atom. The average Bonchev–Trinajstić information content (AvgIpc) is 2.87. The number of carboxylic acid groups (broad SMARTS) is 1. The minimum absolute atomic E-state index is 0.108. The number of hydrogen-bond donors (Lipinski definition) is 1. The van der Waals surface area contributed by atoms with Gasteiger partial charge in [-0.25, -0.2) is 0 Å². The number of carboxylic acids is 1. The summed E-state index contributed by atoms with van der Waals surface area (Å²) >= 11 is 0. The van der Waals surface area contributed by atoms with Crippen LogP contribution in [0.3, 0.4) is 0 Å². The number of benzene rings is 3. The zero-order chi connectivity index (χ0) is 24.5. The summed E-state index contributed by atoms with van der Waals surface area (Å²) in [5.41, 5.74) is 4.04. The molecule has 180 valence electrons. The maximum atomic E-state index is 11.3. The van der Waals surface area contributed by atoms with Gasteiger partial charge in [-0.05, 0) is 59.4 Å². The molecule has 0 saturated heterocycles. The van der Waals surface area contributed by atoms with Crippen LogP contribution >= 0.6 is 0 Å². The topological polar surface area (TPSA) is 65.0 Å². The van der Waals surface area contributed by atoms with E-state index < -0.39 is 11.9 Å². The van der Waals surface area contributed by atoms with Crippen molar-refractivity contribution in [1.29, 1.82) is 0 Å². The molecule has 0 aliphatic heterocycles. The van der Waals surface area contributed by atoms with Crippen LogP contribution in [0.25, 0.3) is 11.1 Å². The van der Waals surface area contributed by atoms with Gasteiger partial charge in [0.05, 0.1) is 19.6 Å². The van der Waals surface area contributed by atoms with E-state index in [1.165, 1.54) is 0 Å². The van der Waals surface area contributed by atoms with E-state index in [1.54, 1.807) is 14.0 Å². The predicted molar refractivity (Wildman–Crippen MR) is 135 cm³/mol. The molecular weight excluding hydrogens is 428 g/mol. The molecule has 3 aromatic rings. The van der Waals surface area contributed by atoms with E-state index in [1.807, 2.05) is 67.6 Å². The van der Waals surface area contributed by atoms with E-state index in [0.717, 1.165) is 52.3 Å². The van der Waals surface area contributed by atoms with Crippen LogP contribution < -0.4 is 14.2 Å². The molecule has 34 heavy (non-hydrogen) atoms. The number of unbranched alkanes of at least 4 members (excludes halogenated alkanes) is 1. The molecule has 0 bridgehead atoms. The van der Waals surface area contributed by atoms with Crippen LogP contribution in [0.1, 0.15) is 50.7 Å². The molecule has 5 heteroatoms. The van der Waals surface area contributed by atoms with Gasteiger partial charge in [-0.15, -0.1) is 0 Å². The molecular formula is C29H34O5. The van der Waals surface area contributed by atoms with Crippen LogP contribution in [0, 0.1) is 5.92 Å². The molecule has 0 spiro atoms. The first kappa shape index (κ1) is 25.2. The second-order valence-corrected chi connectivity index (χ2v) is 8.54. The van der Waals surface area contributed by atoms with Crippen molar-refractivity contribution in [3.05, 3.63) is 77.9 Å². The minimum Gasteiger partial charge on any atom is -0.497 e. The second kappa shape index (κ2) is 12.1. The summed E-state index contributed by atoms with van der Waals surface area (Å²) in [7, 11) is 1.66. The van der Waals surface area contributed by atoms with Gasteiger partial charge >= 0.3 is 5.97 Å². The summed E-state index contributed by atoms with van der Waals surface area (Å²) in [4.78, 5) is 11.3. The van der Waals surface area contributed by atoms with Crippen LogP contribution in [0.5, 0.6) is 17.2 Å². The lowest BCUT2D eigenvalue weighted by Gasteiger charge is -2.18. The maximum Gasteiger partial charge on any atom is 0.306 e. The zero-order valence-electron chi connectivity index (χ0n) is 20.4.